The second-order valence-electron chi connectivity index (χ2n) is 2.42. The Bertz CT molecular complexity index is 337. The predicted molar refractivity (Wildman–Crippen MR) is 58.3 cm³/mol. The Morgan fingerprint density at radius 1 is 1.40 bits per heavy atom. The van der Waals surface area contributed by atoms with Crippen LogP contribution in [0, 0.1) is 0 Å². The van der Waals surface area contributed by atoms with Crippen LogP contribution in [0.1, 0.15) is 13.8 Å². The number of hydrogen-bond donors (Lipinski definition) is 0. The SMILES string of the molecule is C=C(N=[N+]=[N-])C(=C)P(=O)(OCC)OCC. The lowest BCUT2D eigenvalue weighted by Gasteiger charge is -2.18. The zero-order valence-electron chi connectivity index (χ0n) is 8.84. The van der Waals surface area contributed by atoms with Crippen LogP contribution in [0.4, 0.5) is 0 Å². The highest BCUT2D eigenvalue weighted by Gasteiger charge is 2.29. The van der Waals surface area contributed by atoms with E-state index in [4.69, 9.17) is 14.6 Å². The normalized spacial score (nSPS) is 10.5. The van der Waals surface area contributed by atoms with Gasteiger partial charge in [-0.2, -0.15) is 0 Å². The molecule has 0 aliphatic heterocycles. The van der Waals surface area contributed by atoms with Crippen molar-refractivity contribution >= 4 is 7.60 Å². The highest BCUT2D eigenvalue weighted by atomic mass is 31.2. The Hall–Kier alpha value is -1.06. The maximum atomic E-state index is 12.0. The molecule has 15 heavy (non-hydrogen) atoms. The Balaban J connectivity index is 4.92. The van der Waals surface area contributed by atoms with Gasteiger partial charge in [0.15, 0.2) is 0 Å². The van der Waals surface area contributed by atoms with Crippen molar-refractivity contribution < 1.29 is 13.6 Å². The fourth-order valence-electron chi connectivity index (χ4n) is 0.803. The van der Waals surface area contributed by atoms with Crippen molar-refractivity contribution in [2.75, 3.05) is 13.2 Å². The third kappa shape index (κ3) is 3.90. The zero-order valence-corrected chi connectivity index (χ0v) is 9.74. The smallest absolute Gasteiger partial charge is 0.306 e. The van der Waals surface area contributed by atoms with E-state index in [1.807, 2.05) is 0 Å². The van der Waals surface area contributed by atoms with Crippen LogP contribution in [-0.2, 0) is 13.6 Å². The summed E-state index contributed by atoms with van der Waals surface area (Å²) in [6.45, 7) is 10.7. The first-order valence-electron chi connectivity index (χ1n) is 4.34. The molecule has 0 fully saturated rings. The first-order chi connectivity index (χ1) is 7.01. The number of azide groups is 1. The topological polar surface area (TPSA) is 84.3 Å². The Kier molecular flexibility index (Phi) is 5.97. The van der Waals surface area contributed by atoms with Crippen molar-refractivity contribution in [1.82, 2.24) is 0 Å². The van der Waals surface area contributed by atoms with Gasteiger partial charge >= 0.3 is 7.60 Å². The van der Waals surface area contributed by atoms with Crippen LogP contribution >= 0.6 is 7.60 Å². The number of rotatable bonds is 7. The largest absolute Gasteiger partial charge is 0.361 e. The summed E-state index contributed by atoms with van der Waals surface area (Å²) >= 11 is 0. The van der Waals surface area contributed by atoms with E-state index in [2.05, 4.69) is 23.2 Å². The molecule has 0 heterocycles. The van der Waals surface area contributed by atoms with Gasteiger partial charge in [-0.25, -0.2) is 0 Å². The summed E-state index contributed by atoms with van der Waals surface area (Å²) in [5, 5.41) is 3.20. The van der Waals surface area contributed by atoms with Crippen LogP contribution in [0.3, 0.4) is 0 Å². The van der Waals surface area contributed by atoms with Crippen molar-refractivity contribution in [2.45, 2.75) is 13.8 Å². The fraction of sp³-hybridized carbons (Fsp3) is 0.500. The monoisotopic (exact) mass is 231 g/mol. The molecule has 0 unspecified atom stereocenters. The van der Waals surface area contributed by atoms with Gasteiger partial charge in [-0.3, -0.25) is 4.57 Å². The lowest BCUT2D eigenvalue weighted by Crippen LogP contribution is -1.98. The highest BCUT2D eigenvalue weighted by Crippen LogP contribution is 2.57. The second kappa shape index (κ2) is 6.43. The van der Waals surface area contributed by atoms with Crippen LogP contribution in [0.2, 0.25) is 0 Å². The molecule has 84 valence electrons. The lowest BCUT2D eigenvalue weighted by atomic mass is 10.5. The van der Waals surface area contributed by atoms with E-state index >= 15 is 0 Å². The third-order valence-electron chi connectivity index (χ3n) is 1.43. The molecule has 0 spiro atoms. The quantitative estimate of drug-likeness (QED) is 0.220. The van der Waals surface area contributed by atoms with Gasteiger partial charge in [-0.05, 0) is 19.4 Å². The highest BCUT2D eigenvalue weighted by molar-refractivity contribution is 7.58. The predicted octanol–water partition coefficient (Wildman–Crippen LogP) is 3.59. The van der Waals surface area contributed by atoms with Crippen LogP contribution in [-0.4, -0.2) is 13.2 Å². The Labute approximate surface area is 88.7 Å². The molecule has 0 aromatic carbocycles. The van der Waals surface area contributed by atoms with Crippen LogP contribution in [0.15, 0.2) is 29.3 Å². The van der Waals surface area contributed by atoms with E-state index in [1.54, 1.807) is 13.8 Å². The second-order valence-corrected chi connectivity index (χ2v) is 4.47. The molecule has 0 bridgehead atoms. The summed E-state index contributed by atoms with van der Waals surface area (Å²) in [5.41, 5.74) is 8.16. The summed E-state index contributed by atoms with van der Waals surface area (Å²) in [4.78, 5) is 2.52. The van der Waals surface area contributed by atoms with Crippen LogP contribution in [0.5, 0.6) is 0 Å². The van der Waals surface area contributed by atoms with Gasteiger partial charge in [-0.15, -0.1) is 0 Å². The number of nitrogens with zero attached hydrogens (tertiary/aromatic N) is 3. The first-order valence-corrected chi connectivity index (χ1v) is 5.89. The zero-order chi connectivity index (χ0) is 11.9. The third-order valence-corrected chi connectivity index (χ3v) is 3.54. The first kappa shape index (κ1) is 13.9. The molecule has 0 saturated carbocycles. The molecule has 0 aromatic heterocycles. The molecule has 0 rings (SSSR count). The Morgan fingerprint density at radius 2 is 1.87 bits per heavy atom. The van der Waals surface area contributed by atoms with Gasteiger partial charge in [0.05, 0.1) is 18.5 Å². The standard InChI is InChI=1S/C8H14N3O3P/c1-5-13-15(12,14-6-2)8(4)7(3)10-11-9/h3-6H2,1-2H3. The van der Waals surface area contributed by atoms with Gasteiger partial charge < -0.3 is 9.05 Å². The number of allylic oxidation sites excluding steroid dienone is 1. The lowest BCUT2D eigenvalue weighted by molar-refractivity contribution is 0.227. The molecule has 0 aromatic rings. The Morgan fingerprint density at radius 3 is 2.20 bits per heavy atom. The van der Waals surface area contributed by atoms with Gasteiger partial charge in [0.25, 0.3) is 0 Å². The van der Waals surface area contributed by atoms with Crippen molar-refractivity contribution in [2.24, 2.45) is 5.11 Å². The fourth-order valence-corrected chi connectivity index (χ4v) is 2.23. The van der Waals surface area contributed by atoms with E-state index < -0.39 is 7.60 Å². The number of hydrogen-bond acceptors (Lipinski definition) is 4. The van der Waals surface area contributed by atoms with E-state index in [1.165, 1.54) is 0 Å². The summed E-state index contributed by atoms with van der Waals surface area (Å²) < 4.78 is 22.0. The van der Waals surface area contributed by atoms with Gasteiger partial charge in [0, 0.05) is 10.6 Å². The summed E-state index contributed by atoms with van der Waals surface area (Å²) in [5.74, 6) is 0. The average Bonchev–Trinajstić information content (AvgIpc) is 2.17. The average molecular weight is 231 g/mol. The molecule has 0 atom stereocenters. The van der Waals surface area contributed by atoms with Gasteiger partial charge in [0.2, 0.25) is 0 Å². The molecule has 0 radical (unpaired) electrons. The molecule has 0 N–H and O–H groups in total. The van der Waals surface area contributed by atoms with Crippen molar-refractivity contribution in [3.8, 4) is 0 Å². The maximum absolute atomic E-state index is 12.0. The van der Waals surface area contributed by atoms with Crippen molar-refractivity contribution in [1.29, 1.82) is 0 Å². The molecule has 0 aliphatic carbocycles. The minimum atomic E-state index is -3.46. The maximum Gasteiger partial charge on any atom is 0.361 e. The summed E-state index contributed by atoms with van der Waals surface area (Å²) in [6.07, 6.45) is 0. The van der Waals surface area contributed by atoms with Crippen LogP contribution < -0.4 is 0 Å². The van der Waals surface area contributed by atoms with Gasteiger partial charge in [0.1, 0.15) is 0 Å². The van der Waals surface area contributed by atoms with Crippen molar-refractivity contribution in [3.05, 3.63) is 34.6 Å². The molecule has 0 aliphatic rings. The molecular weight excluding hydrogens is 217 g/mol. The molecule has 7 heteroatoms. The van der Waals surface area contributed by atoms with E-state index in [-0.39, 0.29) is 24.2 Å². The minimum absolute atomic E-state index is 0.0102. The summed E-state index contributed by atoms with van der Waals surface area (Å²) in [7, 11) is -3.46. The molecular formula is C8H14N3O3P. The summed E-state index contributed by atoms with van der Waals surface area (Å²) in [6, 6.07) is 0. The van der Waals surface area contributed by atoms with Crippen LogP contribution in [0.25, 0.3) is 10.4 Å². The molecule has 6 nitrogen and oxygen atoms in total. The van der Waals surface area contributed by atoms with Crippen molar-refractivity contribution in [3.63, 3.8) is 0 Å². The molecule has 0 saturated heterocycles. The van der Waals surface area contributed by atoms with E-state index in [0.717, 1.165) is 0 Å². The van der Waals surface area contributed by atoms with Gasteiger partial charge in [-0.1, -0.05) is 18.3 Å². The minimum Gasteiger partial charge on any atom is -0.306 e. The molecule has 0 amide bonds. The van der Waals surface area contributed by atoms with E-state index in [0.29, 0.717) is 0 Å². The van der Waals surface area contributed by atoms with E-state index in [9.17, 15) is 4.57 Å².